The SMILES string of the molecule is CCCCCCCCCCCCCCCC(=O)OC[C@H](O)[C@H]1OC(=O)C(O)=C1O.CCCCCCCCCCCCCCCCCC(=O)O.[AlH3]. The fourth-order valence-corrected chi connectivity index (χ4v) is 6.00. The Balaban J connectivity index is 0. The summed E-state index contributed by atoms with van der Waals surface area (Å²) in [5.74, 6) is -3.86. The second-order valence-electron chi connectivity index (χ2n) is 13.9. The van der Waals surface area contributed by atoms with Gasteiger partial charge in [-0.1, -0.05) is 181 Å². The van der Waals surface area contributed by atoms with Crippen LogP contribution in [0, 0.1) is 0 Å². The molecule has 0 spiro atoms. The molecule has 1 aliphatic rings. The van der Waals surface area contributed by atoms with Crippen LogP contribution in [0.25, 0.3) is 0 Å². The number of carboxylic acid groups (broad SMARTS) is 1. The standard InChI is InChI=1S/C22H38O7.C18H36O2.Al.3H/c1-2-3-4-5-6-7-8-9-10-11-12-13-14-15-18(24)28-16-17(23)21-19(25)20(26)22(27)29-21;1-2-3-4-5-6-7-8-9-10-11-12-13-14-15-16-17-18(19)20;;;;/h17,21,23,25-26H,2-16H2,1H3;2-17H2,1H3,(H,19,20);;;;/t17-,21+;;;;;/m0...../s1. The first-order chi connectivity index (χ1) is 23.7. The van der Waals surface area contributed by atoms with Crippen LogP contribution in [0.4, 0.5) is 0 Å². The number of carbonyl (C=O) groups excluding carboxylic acids is 2. The first-order valence-corrected chi connectivity index (χ1v) is 20.1. The lowest BCUT2D eigenvalue weighted by Crippen LogP contribution is -2.33. The average molecular weight is 729 g/mol. The van der Waals surface area contributed by atoms with Gasteiger partial charge in [0.05, 0.1) is 0 Å². The highest BCUT2D eigenvalue weighted by atomic mass is 27.0. The molecule has 0 radical (unpaired) electrons. The maximum absolute atomic E-state index is 11.7. The average Bonchev–Trinajstić information content (AvgIpc) is 3.34. The lowest BCUT2D eigenvalue weighted by Gasteiger charge is -2.17. The predicted octanol–water partition coefficient (Wildman–Crippen LogP) is 9.77. The highest BCUT2D eigenvalue weighted by Gasteiger charge is 2.39. The van der Waals surface area contributed by atoms with Gasteiger partial charge in [-0.05, 0) is 12.8 Å². The van der Waals surface area contributed by atoms with Gasteiger partial charge in [-0.25, -0.2) is 4.79 Å². The van der Waals surface area contributed by atoms with Crippen molar-refractivity contribution in [1.29, 1.82) is 0 Å². The first kappa shape index (κ1) is 50.4. The minimum atomic E-state index is -1.42. The molecule has 1 heterocycles. The molecule has 0 unspecified atom stereocenters. The number of carboxylic acids is 1. The smallest absolute Gasteiger partial charge is 0.377 e. The van der Waals surface area contributed by atoms with Crippen molar-refractivity contribution in [2.75, 3.05) is 6.61 Å². The lowest BCUT2D eigenvalue weighted by atomic mass is 10.0. The number of aliphatic hydroxyl groups is 3. The molecule has 50 heavy (non-hydrogen) atoms. The van der Waals surface area contributed by atoms with E-state index < -0.39 is 48.2 Å². The van der Waals surface area contributed by atoms with Crippen LogP contribution in [0.3, 0.4) is 0 Å². The van der Waals surface area contributed by atoms with Gasteiger partial charge in [-0.15, -0.1) is 0 Å². The van der Waals surface area contributed by atoms with Crippen molar-refractivity contribution >= 4 is 35.3 Å². The third kappa shape index (κ3) is 31.0. The topological polar surface area (TPSA) is 151 Å². The molecule has 0 aliphatic carbocycles. The van der Waals surface area contributed by atoms with E-state index in [-0.39, 0.29) is 23.8 Å². The van der Waals surface area contributed by atoms with E-state index >= 15 is 0 Å². The van der Waals surface area contributed by atoms with E-state index in [9.17, 15) is 29.7 Å². The molecule has 2 atom stereocenters. The van der Waals surface area contributed by atoms with Gasteiger partial charge in [0.1, 0.15) is 12.7 Å². The lowest BCUT2D eigenvalue weighted by molar-refractivity contribution is -0.154. The van der Waals surface area contributed by atoms with Crippen LogP contribution < -0.4 is 0 Å². The number of carbonyl (C=O) groups is 3. The quantitative estimate of drug-likeness (QED) is 0.0294. The van der Waals surface area contributed by atoms with Crippen LogP contribution in [0.5, 0.6) is 0 Å². The molecule has 0 aromatic heterocycles. The zero-order valence-corrected chi connectivity index (χ0v) is 31.4. The van der Waals surface area contributed by atoms with Crippen LogP contribution in [-0.2, 0) is 23.9 Å². The highest BCUT2D eigenvalue weighted by Crippen LogP contribution is 2.22. The number of aliphatic hydroxyl groups excluding tert-OH is 3. The van der Waals surface area contributed by atoms with Crippen LogP contribution in [-0.4, -0.2) is 74.5 Å². The number of cyclic esters (lactones) is 1. The van der Waals surface area contributed by atoms with Gasteiger partial charge in [0, 0.05) is 12.8 Å². The van der Waals surface area contributed by atoms with Crippen molar-refractivity contribution in [3.05, 3.63) is 11.5 Å². The summed E-state index contributed by atoms with van der Waals surface area (Å²) >= 11 is 0. The maximum Gasteiger partial charge on any atom is 0.377 e. The van der Waals surface area contributed by atoms with E-state index in [1.807, 2.05) is 0 Å². The minimum absolute atomic E-state index is 0. The van der Waals surface area contributed by atoms with Crippen LogP contribution in [0.1, 0.15) is 206 Å². The third-order valence-electron chi connectivity index (χ3n) is 9.18. The van der Waals surface area contributed by atoms with E-state index in [1.165, 1.54) is 148 Å². The summed E-state index contributed by atoms with van der Waals surface area (Å²) < 4.78 is 9.55. The van der Waals surface area contributed by atoms with Crippen LogP contribution in [0.2, 0.25) is 0 Å². The molecule has 10 heteroatoms. The number of hydrogen-bond acceptors (Lipinski definition) is 8. The van der Waals surface area contributed by atoms with Gasteiger partial charge >= 0.3 is 17.9 Å². The Kier molecular flexibility index (Phi) is 37.3. The van der Waals surface area contributed by atoms with Crippen molar-refractivity contribution in [3.8, 4) is 0 Å². The maximum atomic E-state index is 11.7. The van der Waals surface area contributed by atoms with Gasteiger partial charge in [0.2, 0.25) is 5.76 Å². The molecule has 1 aliphatic heterocycles. The van der Waals surface area contributed by atoms with Gasteiger partial charge in [-0.3, -0.25) is 9.59 Å². The molecule has 0 amide bonds. The summed E-state index contributed by atoms with van der Waals surface area (Å²) in [4.78, 5) is 33.1. The van der Waals surface area contributed by atoms with Crippen molar-refractivity contribution in [2.45, 2.75) is 219 Å². The van der Waals surface area contributed by atoms with Gasteiger partial charge in [0.15, 0.2) is 29.2 Å². The monoisotopic (exact) mass is 729 g/mol. The predicted molar refractivity (Wildman–Crippen MR) is 207 cm³/mol. The molecule has 1 rings (SSSR count). The number of ether oxygens (including phenoxy) is 2. The van der Waals surface area contributed by atoms with Crippen molar-refractivity contribution < 1.29 is 44.3 Å². The Bertz CT molecular complexity index is 849. The fourth-order valence-electron chi connectivity index (χ4n) is 6.00. The fraction of sp³-hybridized carbons (Fsp3) is 0.875. The Morgan fingerprint density at radius 3 is 1.22 bits per heavy atom. The number of aliphatic carboxylic acids is 1. The Labute approximate surface area is 315 Å². The van der Waals surface area contributed by atoms with Gasteiger partial charge < -0.3 is 29.9 Å². The molecular formula is C40H77AlO9. The molecule has 0 saturated carbocycles. The second kappa shape index (κ2) is 37.0. The molecule has 0 bridgehead atoms. The number of unbranched alkanes of at least 4 members (excludes halogenated alkanes) is 26. The summed E-state index contributed by atoms with van der Waals surface area (Å²) in [5, 5.41) is 37.0. The van der Waals surface area contributed by atoms with E-state index in [0.717, 1.165) is 32.1 Å². The largest absolute Gasteiger partial charge is 0.505 e. The Morgan fingerprint density at radius 1 is 0.600 bits per heavy atom. The van der Waals surface area contributed by atoms with Crippen LogP contribution >= 0.6 is 0 Å². The number of hydrogen-bond donors (Lipinski definition) is 4. The summed E-state index contributed by atoms with van der Waals surface area (Å²) in [6.07, 6.45) is 33.6. The molecule has 4 N–H and O–H groups in total. The Hall–Kier alpha value is -1.76. The van der Waals surface area contributed by atoms with Crippen molar-refractivity contribution in [3.63, 3.8) is 0 Å². The molecular weight excluding hydrogens is 651 g/mol. The van der Waals surface area contributed by atoms with E-state index in [1.54, 1.807) is 0 Å². The van der Waals surface area contributed by atoms with E-state index in [4.69, 9.17) is 9.84 Å². The summed E-state index contributed by atoms with van der Waals surface area (Å²) in [6.45, 7) is 4.10. The van der Waals surface area contributed by atoms with E-state index in [0.29, 0.717) is 6.42 Å². The van der Waals surface area contributed by atoms with Crippen molar-refractivity contribution in [1.82, 2.24) is 0 Å². The summed E-state index contributed by atoms with van der Waals surface area (Å²) in [7, 11) is 0. The van der Waals surface area contributed by atoms with Gasteiger partial charge in [-0.2, -0.15) is 0 Å². The third-order valence-corrected chi connectivity index (χ3v) is 9.18. The normalized spacial score (nSPS) is 14.5. The Morgan fingerprint density at radius 2 is 0.920 bits per heavy atom. The summed E-state index contributed by atoms with van der Waals surface area (Å²) in [5.41, 5.74) is 0. The zero-order chi connectivity index (χ0) is 36.4. The van der Waals surface area contributed by atoms with Crippen molar-refractivity contribution in [2.24, 2.45) is 0 Å². The number of esters is 2. The van der Waals surface area contributed by atoms with Gasteiger partial charge in [0.25, 0.3) is 0 Å². The first-order valence-electron chi connectivity index (χ1n) is 20.1. The minimum Gasteiger partial charge on any atom is -0.505 e. The molecule has 294 valence electrons. The molecule has 0 fully saturated rings. The summed E-state index contributed by atoms with van der Waals surface area (Å²) in [6, 6.07) is 0. The molecule has 9 nitrogen and oxygen atoms in total. The molecule has 0 aromatic carbocycles. The number of rotatable bonds is 33. The molecule has 0 saturated heterocycles. The van der Waals surface area contributed by atoms with E-state index in [2.05, 4.69) is 18.6 Å². The zero-order valence-electron chi connectivity index (χ0n) is 31.4. The molecule has 0 aromatic rings. The second-order valence-corrected chi connectivity index (χ2v) is 13.9. The van der Waals surface area contributed by atoms with Crippen LogP contribution in [0.15, 0.2) is 11.5 Å². The highest BCUT2D eigenvalue weighted by molar-refractivity contribution is 5.89.